The maximum absolute atomic E-state index is 14.1. The summed E-state index contributed by atoms with van der Waals surface area (Å²) in [7, 11) is 0. The fourth-order valence-corrected chi connectivity index (χ4v) is 5.78. The first-order chi connectivity index (χ1) is 18.6. The molecule has 6 rings (SSSR count). The van der Waals surface area contributed by atoms with Gasteiger partial charge in [-0.1, -0.05) is 72.4 Å². The first kappa shape index (κ1) is 24.1. The van der Waals surface area contributed by atoms with Gasteiger partial charge in [-0.25, -0.2) is 9.37 Å². The molecule has 0 saturated heterocycles. The van der Waals surface area contributed by atoms with Crippen molar-refractivity contribution in [2.24, 2.45) is 0 Å². The molecule has 188 valence electrons. The van der Waals surface area contributed by atoms with Gasteiger partial charge >= 0.3 is 0 Å². The zero-order valence-electron chi connectivity index (χ0n) is 20.5. The van der Waals surface area contributed by atoms with E-state index in [1.165, 1.54) is 34.0 Å². The molecule has 0 bridgehead atoms. The lowest BCUT2D eigenvalue weighted by Gasteiger charge is -2.29. The van der Waals surface area contributed by atoms with Crippen molar-refractivity contribution >= 4 is 28.6 Å². The van der Waals surface area contributed by atoms with Gasteiger partial charge in [0, 0.05) is 24.4 Å². The van der Waals surface area contributed by atoms with Gasteiger partial charge in [-0.3, -0.25) is 14.2 Å². The second-order valence-electron chi connectivity index (χ2n) is 9.27. The van der Waals surface area contributed by atoms with E-state index in [1.54, 1.807) is 30.3 Å². The zero-order chi connectivity index (χ0) is 26.1. The van der Waals surface area contributed by atoms with Crippen molar-refractivity contribution in [1.82, 2.24) is 14.5 Å². The van der Waals surface area contributed by atoms with E-state index in [1.807, 2.05) is 47.4 Å². The van der Waals surface area contributed by atoms with Crippen LogP contribution in [-0.4, -0.2) is 26.9 Å². The summed E-state index contributed by atoms with van der Waals surface area (Å²) >= 11 is 1.40. The zero-order valence-corrected chi connectivity index (χ0v) is 21.3. The minimum atomic E-state index is -0.433. The Kier molecular flexibility index (Phi) is 6.52. The molecule has 0 aliphatic carbocycles. The number of carbonyl (C=O) groups excluding carboxylic acids is 1. The van der Waals surface area contributed by atoms with Gasteiger partial charge in [0.05, 0.1) is 16.6 Å². The van der Waals surface area contributed by atoms with Crippen LogP contribution in [0.15, 0.2) is 107 Å². The van der Waals surface area contributed by atoms with E-state index in [-0.39, 0.29) is 11.5 Å². The molecule has 0 N–H and O–H groups in total. The molecule has 0 atom stereocenters. The molecule has 0 fully saturated rings. The highest BCUT2D eigenvalue weighted by Crippen LogP contribution is 2.26. The highest BCUT2D eigenvalue weighted by atomic mass is 32.2. The number of hydrogen-bond acceptors (Lipinski definition) is 4. The fourth-order valence-electron chi connectivity index (χ4n) is 4.81. The molecule has 1 aromatic heterocycles. The van der Waals surface area contributed by atoms with Gasteiger partial charge < -0.3 is 4.90 Å². The molecule has 5 nitrogen and oxygen atoms in total. The average Bonchev–Trinajstić information content (AvgIpc) is 2.95. The van der Waals surface area contributed by atoms with Crippen LogP contribution < -0.4 is 5.56 Å². The number of thioether (sulfide) groups is 1. The Morgan fingerprint density at radius 3 is 2.50 bits per heavy atom. The van der Waals surface area contributed by atoms with Crippen LogP contribution in [-0.2, 0) is 18.7 Å². The van der Waals surface area contributed by atoms with Crippen LogP contribution in [0.5, 0.6) is 0 Å². The molecule has 38 heavy (non-hydrogen) atoms. The second kappa shape index (κ2) is 10.3. The number of carbonyl (C=O) groups is 1. The largest absolute Gasteiger partial charge is 0.334 e. The second-order valence-corrected chi connectivity index (χ2v) is 10.2. The predicted octanol–water partition coefficient (Wildman–Crippen LogP) is 6.02. The number of halogens is 1. The van der Waals surface area contributed by atoms with Crippen LogP contribution in [0.3, 0.4) is 0 Å². The molecule has 1 amide bonds. The molecule has 2 heterocycles. The van der Waals surface area contributed by atoms with Crippen LogP contribution in [0.2, 0.25) is 0 Å². The topological polar surface area (TPSA) is 55.2 Å². The molecular formula is C31H24FN3O2S. The minimum absolute atomic E-state index is 0.0870. The van der Waals surface area contributed by atoms with E-state index in [9.17, 15) is 14.0 Å². The van der Waals surface area contributed by atoms with Crippen molar-refractivity contribution in [2.45, 2.75) is 23.9 Å². The lowest BCUT2D eigenvalue weighted by molar-refractivity contribution is 0.0735. The molecule has 5 aromatic rings. The Morgan fingerprint density at radius 2 is 1.68 bits per heavy atom. The standard InChI is InChI=1S/C31H24FN3O2S/c32-25-11-6-12-26(18-25)35-30(37)27-14-13-23(29(36)34-16-15-22-9-4-5-10-24(22)19-34)17-28(27)33-31(35)38-20-21-7-2-1-3-8-21/h1-14,17-18H,15-16,19-20H2. The van der Waals surface area contributed by atoms with Gasteiger partial charge in [-0.2, -0.15) is 0 Å². The third-order valence-electron chi connectivity index (χ3n) is 6.78. The van der Waals surface area contributed by atoms with E-state index >= 15 is 0 Å². The van der Waals surface area contributed by atoms with E-state index in [0.717, 1.165) is 17.5 Å². The van der Waals surface area contributed by atoms with Crippen molar-refractivity contribution in [3.05, 3.63) is 135 Å². The number of hydrogen-bond donors (Lipinski definition) is 0. The van der Waals surface area contributed by atoms with Crippen molar-refractivity contribution in [3.8, 4) is 5.69 Å². The summed E-state index contributed by atoms with van der Waals surface area (Å²) in [5.74, 6) is 0.0634. The summed E-state index contributed by atoms with van der Waals surface area (Å²) in [4.78, 5) is 33.8. The van der Waals surface area contributed by atoms with Crippen molar-refractivity contribution in [1.29, 1.82) is 0 Å². The Hall–Kier alpha value is -4.23. The molecule has 0 spiro atoms. The number of rotatable bonds is 5. The van der Waals surface area contributed by atoms with Crippen LogP contribution in [0.1, 0.15) is 27.0 Å². The van der Waals surface area contributed by atoms with Crippen molar-refractivity contribution in [3.63, 3.8) is 0 Å². The third-order valence-corrected chi connectivity index (χ3v) is 7.79. The first-order valence-electron chi connectivity index (χ1n) is 12.4. The highest BCUT2D eigenvalue weighted by molar-refractivity contribution is 7.98. The number of amides is 1. The average molecular weight is 522 g/mol. The molecule has 0 unspecified atom stereocenters. The molecule has 1 aliphatic heterocycles. The fraction of sp³-hybridized carbons (Fsp3) is 0.129. The first-order valence-corrected chi connectivity index (χ1v) is 13.4. The van der Waals surface area contributed by atoms with Gasteiger partial charge in [0.1, 0.15) is 5.82 Å². The summed E-state index contributed by atoms with van der Waals surface area (Å²) in [6.45, 7) is 1.19. The SMILES string of the molecule is O=C(c1ccc2c(=O)n(-c3cccc(F)c3)c(SCc3ccccc3)nc2c1)N1CCc2ccccc2C1. The highest BCUT2D eigenvalue weighted by Gasteiger charge is 2.23. The number of nitrogens with zero attached hydrogens (tertiary/aromatic N) is 3. The monoisotopic (exact) mass is 521 g/mol. The molecule has 1 aliphatic rings. The van der Waals surface area contributed by atoms with Crippen LogP contribution in [0.25, 0.3) is 16.6 Å². The number of fused-ring (bicyclic) bond motifs is 2. The van der Waals surface area contributed by atoms with Crippen LogP contribution in [0.4, 0.5) is 4.39 Å². The number of benzene rings is 4. The lowest BCUT2D eigenvalue weighted by atomic mass is 9.99. The van der Waals surface area contributed by atoms with E-state index in [4.69, 9.17) is 4.98 Å². The van der Waals surface area contributed by atoms with E-state index < -0.39 is 5.82 Å². The quantitative estimate of drug-likeness (QED) is 0.210. The summed E-state index contributed by atoms with van der Waals surface area (Å²) < 4.78 is 15.6. The number of aromatic nitrogens is 2. The molecule has 7 heteroatoms. The summed E-state index contributed by atoms with van der Waals surface area (Å²) in [6.07, 6.45) is 0.812. The molecular weight excluding hydrogens is 497 g/mol. The van der Waals surface area contributed by atoms with Gasteiger partial charge in [0.2, 0.25) is 0 Å². The normalized spacial score (nSPS) is 12.9. The van der Waals surface area contributed by atoms with Crippen molar-refractivity contribution < 1.29 is 9.18 Å². The Labute approximate surface area is 223 Å². The molecule has 0 radical (unpaired) electrons. The third kappa shape index (κ3) is 4.73. The van der Waals surface area contributed by atoms with Gasteiger partial charge in [-0.15, -0.1) is 0 Å². The van der Waals surface area contributed by atoms with Gasteiger partial charge in [-0.05, 0) is 59.5 Å². The van der Waals surface area contributed by atoms with E-state index in [0.29, 0.717) is 46.2 Å². The predicted molar refractivity (Wildman–Crippen MR) is 148 cm³/mol. The van der Waals surface area contributed by atoms with Gasteiger partial charge in [0.15, 0.2) is 5.16 Å². The van der Waals surface area contributed by atoms with E-state index in [2.05, 4.69) is 12.1 Å². The van der Waals surface area contributed by atoms with Crippen LogP contribution >= 0.6 is 11.8 Å². The lowest BCUT2D eigenvalue weighted by Crippen LogP contribution is -2.36. The maximum atomic E-state index is 14.1. The smallest absolute Gasteiger partial charge is 0.266 e. The van der Waals surface area contributed by atoms with Crippen molar-refractivity contribution in [2.75, 3.05) is 6.54 Å². The molecule has 0 saturated carbocycles. The summed E-state index contributed by atoms with van der Waals surface area (Å²) in [6, 6.07) is 29.0. The minimum Gasteiger partial charge on any atom is -0.334 e. The van der Waals surface area contributed by atoms with Crippen LogP contribution in [0, 0.1) is 5.82 Å². The summed E-state index contributed by atoms with van der Waals surface area (Å²) in [5.41, 5.74) is 4.55. The Bertz CT molecular complexity index is 1720. The maximum Gasteiger partial charge on any atom is 0.266 e. The Balaban J connectivity index is 1.39. The van der Waals surface area contributed by atoms with Gasteiger partial charge in [0.25, 0.3) is 11.5 Å². The summed E-state index contributed by atoms with van der Waals surface area (Å²) in [5, 5.41) is 0.812. The Morgan fingerprint density at radius 1 is 0.895 bits per heavy atom. The molecule has 4 aromatic carbocycles.